The lowest BCUT2D eigenvalue weighted by Crippen LogP contribution is -2.38. The number of halogens is 2. The molecule has 0 aliphatic heterocycles. The van der Waals surface area contributed by atoms with Crippen LogP contribution >= 0.6 is 23.2 Å². The molecule has 3 aromatic rings. The van der Waals surface area contributed by atoms with Crippen molar-refractivity contribution in [2.24, 2.45) is 0 Å². The van der Waals surface area contributed by atoms with Crippen molar-refractivity contribution in [3.63, 3.8) is 0 Å². The Morgan fingerprint density at radius 3 is 1.80 bits per heavy atom. The van der Waals surface area contributed by atoms with Crippen LogP contribution in [0, 0.1) is 0 Å². The van der Waals surface area contributed by atoms with Gasteiger partial charge in [0.1, 0.15) is 17.2 Å². The minimum Gasteiger partial charge on any atom is -0.493 e. The molecule has 1 unspecified atom stereocenters. The molecule has 7 heteroatoms. The first-order chi connectivity index (χ1) is 16.5. The third-order valence-electron chi connectivity index (χ3n) is 5.57. The zero-order chi connectivity index (χ0) is 25.6. The molecule has 0 saturated heterocycles. The molecule has 1 N–H and O–H groups in total. The smallest absolute Gasteiger partial charge is 0.352 e. The highest BCUT2D eigenvalue weighted by Crippen LogP contribution is 2.36. The summed E-state index contributed by atoms with van der Waals surface area (Å²) in [6.45, 7) is 8.70. The summed E-state index contributed by atoms with van der Waals surface area (Å²) in [5.74, 6) is 0.562. The number of ether oxygens (including phenoxy) is 3. The van der Waals surface area contributed by atoms with Crippen molar-refractivity contribution < 1.29 is 24.1 Å². The van der Waals surface area contributed by atoms with Gasteiger partial charge in [-0.05, 0) is 66.4 Å². The number of carboxylic acid groups (broad SMARTS) is 1. The molecule has 1 atom stereocenters. The number of hydrogen-bond donors (Lipinski definition) is 1. The molecule has 0 amide bonds. The van der Waals surface area contributed by atoms with Crippen molar-refractivity contribution in [1.82, 2.24) is 0 Å². The molecular weight excluding hydrogens is 487 g/mol. The largest absolute Gasteiger partial charge is 0.493 e. The molecule has 0 aliphatic carbocycles. The Balaban J connectivity index is 1.61. The van der Waals surface area contributed by atoms with Crippen molar-refractivity contribution in [3.05, 3.63) is 87.9 Å². The van der Waals surface area contributed by atoms with Gasteiger partial charge >= 0.3 is 5.97 Å². The second-order valence-corrected chi connectivity index (χ2v) is 10.2. The van der Waals surface area contributed by atoms with Gasteiger partial charge in [0.25, 0.3) is 0 Å². The number of carbonyl (C=O) groups is 1. The average Bonchev–Trinajstić information content (AvgIpc) is 2.81. The van der Waals surface area contributed by atoms with Crippen LogP contribution in [-0.4, -0.2) is 24.3 Å². The van der Waals surface area contributed by atoms with E-state index in [2.05, 4.69) is 20.8 Å². The molecule has 0 heterocycles. The van der Waals surface area contributed by atoms with Gasteiger partial charge in [0, 0.05) is 17.0 Å². The van der Waals surface area contributed by atoms with Gasteiger partial charge in [-0.25, -0.2) is 4.79 Å². The normalized spacial score (nSPS) is 13.1. The van der Waals surface area contributed by atoms with Crippen LogP contribution in [-0.2, 0) is 15.8 Å². The van der Waals surface area contributed by atoms with Gasteiger partial charge in [0.15, 0.2) is 0 Å². The van der Waals surface area contributed by atoms with Gasteiger partial charge in [-0.3, -0.25) is 0 Å². The first kappa shape index (κ1) is 26.7. The highest BCUT2D eigenvalue weighted by Gasteiger charge is 2.38. The third kappa shape index (κ3) is 7.06. The molecule has 3 rings (SSSR count). The minimum absolute atomic E-state index is 0.0872. The summed E-state index contributed by atoms with van der Waals surface area (Å²) < 4.78 is 17.4. The molecule has 0 radical (unpaired) electrons. The van der Waals surface area contributed by atoms with E-state index >= 15 is 0 Å². The van der Waals surface area contributed by atoms with Crippen LogP contribution in [0.2, 0.25) is 10.0 Å². The first-order valence-electron chi connectivity index (χ1n) is 11.3. The van der Waals surface area contributed by atoms with Crippen LogP contribution in [0.25, 0.3) is 0 Å². The molecule has 186 valence electrons. The molecule has 5 nitrogen and oxygen atoms in total. The lowest BCUT2D eigenvalue weighted by atomic mass is 9.87. The zero-order valence-electron chi connectivity index (χ0n) is 20.3. The molecule has 0 aliphatic rings. The van der Waals surface area contributed by atoms with E-state index in [9.17, 15) is 9.90 Å². The number of benzene rings is 3. The van der Waals surface area contributed by atoms with Crippen LogP contribution in [0.1, 0.15) is 45.2 Å². The van der Waals surface area contributed by atoms with Crippen LogP contribution in [0.15, 0.2) is 66.7 Å². The monoisotopic (exact) mass is 516 g/mol. The van der Waals surface area contributed by atoms with Crippen molar-refractivity contribution >= 4 is 29.2 Å². The fraction of sp³-hybridized carbons (Fsp3) is 0.321. The van der Waals surface area contributed by atoms with E-state index in [4.69, 9.17) is 37.4 Å². The molecule has 0 fully saturated rings. The highest BCUT2D eigenvalue weighted by atomic mass is 35.5. The molecule has 0 bridgehead atoms. The van der Waals surface area contributed by atoms with Crippen LogP contribution < -0.4 is 14.2 Å². The summed E-state index contributed by atoms with van der Waals surface area (Å²) >= 11 is 12.3. The quantitative estimate of drug-likeness (QED) is 0.282. The van der Waals surface area contributed by atoms with Gasteiger partial charge in [0.05, 0.1) is 18.2 Å². The Bertz CT molecular complexity index is 1140. The summed E-state index contributed by atoms with van der Waals surface area (Å²) in [5, 5.41) is 11.0. The van der Waals surface area contributed by atoms with Gasteiger partial charge in [-0.2, -0.15) is 0 Å². The van der Waals surface area contributed by atoms with E-state index in [-0.39, 0.29) is 5.41 Å². The van der Waals surface area contributed by atoms with E-state index in [0.29, 0.717) is 46.7 Å². The van der Waals surface area contributed by atoms with Crippen molar-refractivity contribution in [2.75, 3.05) is 13.2 Å². The number of carboxylic acids is 1. The summed E-state index contributed by atoms with van der Waals surface area (Å²) in [5.41, 5.74) is -0.209. The maximum absolute atomic E-state index is 12.2. The van der Waals surface area contributed by atoms with Crippen molar-refractivity contribution in [1.29, 1.82) is 0 Å². The Labute approximate surface area is 216 Å². The van der Waals surface area contributed by atoms with Crippen LogP contribution in [0.4, 0.5) is 0 Å². The topological polar surface area (TPSA) is 65.0 Å². The van der Waals surface area contributed by atoms with Crippen molar-refractivity contribution in [3.8, 4) is 17.2 Å². The number of rotatable bonds is 10. The van der Waals surface area contributed by atoms with E-state index in [1.807, 2.05) is 24.3 Å². The van der Waals surface area contributed by atoms with E-state index in [0.717, 1.165) is 11.3 Å². The SMILES string of the molecule is CC(C)(C)c1ccc(OC(C)(C(=O)O)c2ccc(OCCCOc3ccc(Cl)cc3)cc2)c(Cl)c1. The maximum atomic E-state index is 12.2. The predicted molar refractivity (Wildman–Crippen MR) is 139 cm³/mol. The minimum atomic E-state index is -1.63. The molecular formula is C28H30Cl2O5. The average molecular weight is 517 g/mol. The van der Waals surface area contributed by atoms with Crippen LogP contribution in [0.3, 0.4) is 0 Å². The lowest BCUT2D eigenvalue weighted by molar-refractivity contribution is -0.154. The molecule has 0 spiro atoms. The molecule has 0 saturated carbocycles. The van der Waals surface area contributed by atoms with E-state index < -0.39 is 11.6 Å². The Morgan fingerprint density at radius 2 is 1.31 bits per heavy atom. The number of hydrogen-bond acceptors (Lipinski definition) is 4. The van der Waals surface area contributed by atoms with E-state index in [1.165, 1.54) is 6.92 Å². The predicted octanol–water partition coefficient (Wildman–Crippen LogP) is 7.52. The lowest BCUT2D eigenvalue weighted by Gasteiger charge is -2.28. The second-order valence-electron chi connectivity index (χ2n) is 9.36. The standard InChI is InChI=1S/C28H30Cl2O5/c1-27(2,3)20-8-15-25(24(30)18-20)35-28(4,26(31)32)19-6-11-22(12-7-19)33-16-5-17-34-23-13-9-21(29)10-14-23/h6-15,18H,5,16-17H2,1-4H3,(H,31,32). The van der Waals surface area contributed by atoms with Crippen molar-refractivity contribution in [2.45, 2.75) is 45.1 Å². The Hall–Kier alpha value is -2.89. The molecule has 35 heavy (non-hydrogen) atoms. The maximum Gasteiger partial charge on any atom is 0.352 e. The van der Waals surface area contributed by atoms with Gasteiger partial charge < -0.3 is 19.3 Å². The summed E-state index contributed by atoms with van der Waals surface area (Å²) in [6, 6.07) is 19.4. The Morgan fingerprint density at radius 1 is 0.800 bits per heavy atom. The first-order valence-corrected chi connectivity index (χ1v) is 12.1. The zero-order valence-corrected chi connectivity index (χ0v) is 21.8. The van der Waals surface area contributed by atoms with E-state index in [1.54, 1.807) is 42.5 Å². The molecule has 3 aromatic carbocycles. The fourth-order valence-corrected chi connectivity index (χ4v) is 3.68. The fourth-order valence-electron chi connectivity index (χ4n) is 3.34. The van der Waals surface area contributed by atoms with Gasteiger partial charge in [-0.15, -0.1) is 0 Å². The highest BCUT2D eigenvalue weighted by molar-refractivity contribution is 6.32. The third-order valence-corrected chi connectivity index (χ3v) is 6.11. The molecule has 0 aromatic heterocycles. The van der Waals surface area contributed by atoms with Crippen LogP contribution in [0.5, 0.6) is 17.2 Å². The van der Waals surface area contributed by atoms with Gasteiger partial charge in [-0.1, -0.05) is 62.2 Å². The second kappa shape index (κ2) is 11.2. The number of aliphatic carboxylic acids is 1. The Kier molecular flexibility index (Phi) is 8.57. The summed E-state index contributed by atoms with van der Waals surface area (Å²) in [6.07, 6.45) is 0.684. The van der Waals surface area contributed by atoms with Gasteiger partial charge in [0.2, 0.25) is 5.60 Å². The summed E-state index contributed by atoms with van der Waals surface area (Å²) in [7, 11) is 0. The summed E-state index contributed by atoms with van der Waals surface area (Å²) in [4.78, 5) is 12.2.